The van der Waals surface area contributed by atoms with Gasteiger partial charge in [0, 0.05) is 18.5 Å². The van der Waals surface area contributed by atoms with Crippen LogP contribution in [0.15, 0.2) is 48.5 Å². The van der Waals surface area contributed by atoms with Crippen LogP contribution < -0.4 is 9.80 Å². The fraction of sp³-hybridized carbons (Fsp3) is 0.348. The van der Waals surface area contributed by atoms with Crippen molar-refractivity contribution >= 4 is 29.3 Å². The van der Waals surface area contributed by atoms with Crippen LogP contribution in [0.5, 0.6) is 0 Å². The third-order valence-corrected chi connectivity index (χ3v) is 5.35. The van der Waals surface area contributed by atoms with E-state index in [1.807, 2.05) is 24.3 Å². The van der Waals surface area contributed by atoms with Crippen LogP contribution in [0, 0.1) is 0 Å². The number of carboxylic acid groups (broad SMARTS) is 1. The van der Waals surface area contributed by atoms with Crippen LogP contribution in [0.4, 0.5) is 16.2 Å². The molecule has 0 bridgehead atoms. The summed E-state index contributed by atoms with van der Waals surface area (Å²) in [7, 11) is 0. The third kappa shape index (κ3) is 3.40. The molecule has 2 atom stereocenters. The van der Waals surface area contributed by atoms with Crippen molar-refractivity contribution in [2.45, 2.75) is 51.3 Å². The van der Waals surface area contributed by atoms with E-state index in [4.69, 9.17) is 4.74 Å². The Morgan fingerprint density at radius 1 is 0.867 bits per heavy atom. The molecule has 0 aliphatic carbocycles. The van der Waals surface area contributed by atoms with Gasteiger partial charge in [-0.15, -0.1) is 0 Å². The number of rotatable bonds is 2. The molecule has 0 saturated heterocycles. The van der Waals surface area contributed by atoms with E-state index in [1.165, 1.54) is 9.80 Å². The zero-order chi connectivity index (χ0) is 21.6. The van der Waals surface area contributed by atoms with Crippen molar-refractivity contribution in [1.29, 1.82) is 0 Å². The first kappa shape index (κ1) is 19.9. The highest BCUT2D eigenvalue weighted by atomic mass is 16.6. The summed E-state index contributed by atoms with van der Waals surface area (Å²) in [6, 6.07) is 12.6. The first-order valence-electron chi connectivity index (χ1n) is 9.91. The van der Waals surface area contributed by atoms with Crippen molar-refractivity contribution in [2.24, 2.45) is 0 Å². The molecule has 0 fully saturated rings. The molecule has 0 unspecified atom stereocenters. The quantitative estimate of drug-likeness (QED) is 0.823. The number of carbonyl (C=O) groups excluding carboxylic acids is 2. The molecule has 0 aromatic heterocycles. The number of fused-ring (bicyclic) bond motifs is 2. The van der Waals surface area contributed by atoms with Crippen molar-refractivity contribution in [3.05, 3.63) is 59.7 Å². The van der Waals surface area contributed by atoms with Crippen molar-refractivity contribution in [1.82, 2.24) is 0 Å². The minimum Gasteiger partial charge on any atom is -0.480 e. The van der Waals surface area contributed by atoms with E-state index in [2.05, 4.69) is 0 Å². The molecule has 30 heavy (non-hydrogen) atoms. The lowest BCUT2D eigenvalue weighted by Crippen LogP contribution is -2.54. The topological polar surface area (TPSA) is 87.2 Å². The highest BCUT2D eigenvalue weighted by Gasteiger charge is 2.47. The lowest BCUT2D eigenvalue weighted by Gasteiger charge is -2.32. The van der Waals surface area contributed by atoms with E-state index in [1.54, 1.807) is 45.0 Å². The van der Waals surface area contributed by atoms with Gasteiger partial charge in [0.05, 0.1) is 5.69 Å². The predicted molar refractivity (Wildman–Crippen MR) is 112 cm³/mol. The Bertz CT molecular complexity index is 1030. The second kappa shape index (κ2) is 7.16. The van der Waals surface area contributed by atoms with Crippen LogP contribution in [-0.2, 0) is 27.2 Å². The second-order valence-corrected chi connectivity index (χ2v) is 8.59. The molecule has 0 spiro atoms. The fourth-order valence-corrected chi connectivity index (χ4v) is 4.14. The maximum absolute atomic E-state index is 13.7. The van der Waals surface area contributed by atoms with Crippen LogP contribution in [0.25, 0.3) is 0 Å². The molecule has 7 nitrogen and oxygen atoms in total. The first-order chi connectivity index (χ1) is 14.2. The average molecular weight is 408 g/mol. The van der Waals surface area contributed by atoms with Crippen LogP contribution in [0.2, 0.25) is 0 Å². The number of hydrogen-bond acceptors (Lipinski definition) is 4. The van der Waals surface area contributed by atoms with Crippen LogP contribution >= 0.6 is 0 Å². The van der Waals surface area contributed by atoms with E-state index >= 15 is 0 Å². The van der Waals surface area contributed by atoms with Gasteiger partial charge in [-0.1, -0.05) is 36.4 Å². The molecule has 0 radical (unpaired) electrons. The van der Waals surface area contributed by atoms with Gasteiger partial charge in [-0.05, 0) is 44.0 Å². The van der Waals surface area contributed by atoms with E-state index in [0.29, 0.717) is 17.8 Å². The van der Waals surface area contributed by atoms with Gasteiger partial charge in [0.25, 0.3) is 5.91 Å². The van der Waals surface area contributed by atoms with Gasteiger partial charge in [-0.3, -0.25) is 14.6 Å². The molecule has 4 rings (SSSR count). The second-order valence-electron chi connectivity index (χ2n) is 8.59. The van der Waals surface area contributed by atoms with Gasteiger partial charge >= 0.3 is 12.1 Å². The van der Waals surface area contributed by atoms with Crippen LogP contribution in [0.3, 0.4) is 0 Å². The SMILES string of the molecule is CC(C)(C)OC(=O)N1c2ccccc2C[C@H]1C(=O)N1c2ccccc2C[C@H]1C(=O)O. The van der Waals surface area contributed by atoms with E-state index in [-0.39, 0.29) is 6.42 Å². The highest BCUT2D eigenvalue weighted by Crippen LogP contribution is 2.38. The minimum atomic E-state index is -1.07. The van der Waals surface area contributed by atoms with E-state index in [9.17, 15) is 19.5 Å². The summed E-state index contributed by atoms with van der Waals surface area (Å²) < 4.78 is 5.57. The standard InChI is InChI=1S/C23H24N2O5/c1-23(2,3)30-22(29)25-17-11-7-5-8-14(17)12-18(25)20(26)24-16-10-6-4-9-15(16)13-19(24)21(27)28/h4-11,18-19H,12-13H2,1-3H3,(H,27,28)/t18-,19-/m0/s1. The Morgan fingerprint density at radius 2 is 1.37 bits per heavy atom. The highest BCUT2D eigenvalue weighted by molar-refractivity contribution is 6.10. The number of carboxylic acids is 1. The number of carbonyl (C=O) groups is 3. The molecule has 2 aliphatic heterocycles. The Morgan fingerprint density at radius 3 is 1.90 bits per heavy atom. The number of ether oxygens (including phenoxy) is 1. The van der Waals surface area contributed by atoms with Gasteiger partial charge < -0.3 is 9.84 Å². The van der Waals surface area contributed by atoms with Crippen molar-refractivity contribution in [3.8, 4) is 0 Å². The molecular weight excluding hydrogens is 384 g/mol. The van der Waals surface area contributed by atoms with Crippen LogP contribution in [0.1, 0.15) is 31.9 Å². The molecule has 2 aromatic carbocycles. The first-order valence-corrected chi connectivity index (χ1v) is 9.91. The molecule has 2 aromatic rings. The summed E-state index contributed by atoms with van der Waals surface area (Å²) in [5.74, 6) is -1.49. The van der Waals surface area contributed by atoms with E-state index < -0.39 is 35.7 Å². The molecule has 2 aliphatic rings. The zero-order valence-electron chi connectivity index (χ0n) is 17.2. The minimum absolute atomic E-state index is 0.239. The average Bonchev–Trinajstić information content (AvgIpc) is 3.25. The molecule has 0 saturated carbocycles. The van der Waals surface area contributed by atoms with Gasteiger partial charge in [0.15, 0.2) is 0 Å². The lowest BCUT2D eigenvalue weighted by molar-refractivity contribution is -0.140. The Kier molecular flexibility index (Phi) is 4.76. The van der Waals surface area contributed by atoms with Gasteiger partial charge in [0.2, 0.25) is 0 Å². The maximum Gasteiger partial charge on any atom is 0.415 e. The molecule has 156 valence electrons. The number of hydrogen-bond donors (Lipinski definition) is 1. The summed E-state index contributed by atoms with van der Waals surface area (Å²) in [5, 5.41) is 9.75. The smallest absolute Gasteiger partial charge is 0.415 e. The zero-order valence-corrected chi connectivity index (χ0v) is 17.2. The Hall–Kier alpha value is -3.35. The lowest BCUT2D eigenvalue weighted by atomic mass is 10.1. The molecule has 2 amide bonds. The number of para-hydroxylation sites is 2. The van der Waals surface area contributed by atoms with Gasteiger partial charge in [-0.2, -0.15) is 0 Å². The third-order valence-electron chi connectivity index (χ3n) is 5.35. The molecule has 7 heteroatoms. The van der Waals surface area contributed by atoms with Gasteiger partial charge in [-0.25, -0.2) is 9.59 Å². The summed E-state index contributed by atoms with van der Waals surface area (Å²) >= 11 is 0. The number of amides is 2. The van der Waals surface area contributed by atoms with Crippen LogP contribution in [-0.4, -0.2) is 40.8 Å². The van der Waals surface area contributed by atoms with E-state index in [0.717, 1.165) is 11.1 Å². The van der Waals surface area contributed by atoms with Crippen molar-refractivity contribution in [2.75, 3.05) is 9.80 Å². The monoisotopic (exact) mass is 408 g/mol. The number of benzene rings is 2. The normalized spacial score (nSPS) is 20.0. The molecule has 1 N–H and O–H groups in total. The fourth-order valence-electron chi connectivity index (χ4n) is 4.14. The summed E-state index contributed by atoms with van der Waals surface area (Å²) in [5.41, 5.74) is 2.12. The predicted octanol–water partition coefficient (Wildman–Crippen LogP) is 3.40. The van der Waals surface area contributed by atoms with Crippen molar-refractivity contribution in [3.63, 3.8) is 0 Å². The summed E-state index contributed by atoms with van der Waals surface area (Å²) in [6.45, 7) is 5.29. The molecular formula is C23H24N2O5. The summed E-state index contributed by atoms with van der Waals surface area (Å²) in [6.07, 6.45) is -0.0760. The van der Waals surface area contributed by atoms with Gasteiger partial charge in [0.1, 0.15) is 17.7 Å². The maximum atomic E-state index is 13.7. The largest absolute Gasteiger partial charge is 0.480 e. The Labute approximate surface area is 174 Å². The number of aliphatic carboxylic acids is 1. The number of nitrogens with zero attached hydrogens (tertiary/aromatic N) is 2. The Balaban J connectivity index is 1.73. The summed E-state index contributed by atoms with van der Waals surface area (Å²) in [4.78, 5) is 41.3. The molecule has 2 heterocycles. The van der Waals surface area contributed by atoms with Crippen molar-refractivity contribution < 1.29 is 24.2 Å². The number of anilines is 2.